The summed E-state index contributed by atoms with van der Waals surface area (Å²) in [6, 6.07) is 23.3. The molecule has 0 aliphatic carbocycles. The highest BCUT2D eigenvalue weighted by Gasteiger charge is 2.34. The van der Waals surface area contributed by atoms with Gasteiger partial charge in [-0.2, -0.15) is 0 Å². The topological polar surface area (TPSA) is 94.1 Å². The van der Waals surface area contributed by atoms with Crippen molar-refractivity contribution in [1.29, 1.82) is 0 Å². The molecule has 3 amide bonds. The smallest absolute Gasteiger partial charge is 0.323 e. The number of para-hydroxylation sites is 1. The normalized spacial score (nSPS) is 17.4. The summed E-state index contributed by atoms with van der Waals surface area (Å²) in [5.41, 5.74) is 2.35. The van der Waals surface area contributed by atoms with Crippen LogP contribution in [0.4, 0.5) is 16.2 Å². The zero-order valence-corrected chi connectivity index (χ0v) is 26.4. The molecule has 4 aromatic rings. The Morgan fingerprint density at radius 1 is 1.02 bits per heavy atom. The predicted octanol–water partition coefficient (Wildman–Crippen LogP) is 7.14. The monoisotopic (exact) mass is 634 g/mol. The van der Waals surface area contributed by atoms with E-state index in [2.05, 4.69) is 15.5 Å². The van der Waals surface area contributed by atoms with Crippen molar-refractivity contribution in [3.8, 4) is 5.75 Å². The van der Waals surface area contributed by atoms with Gasteiger partial charge in [-0.15, -0.1) is 0 Å². The summed E-state index contributed by atoms with van der Waals surface area (Å²) < 4.78 is 6.64. The fraction of sp³-hybridized carbons (Fsp3) is 0.294. The van der Waals surface area contributed by atoms with E-state index < -0.39 is 12.1 Å². The Morgan fingerprint density at radius 3 is 2.50 bits per heavy atom. The van der Waals surface area contributed by atoms with Crippen LogP contribution < -0.4 is 15.4 Å². The number of urea groups is 1. The van der Waals surface area contributed by atoms with Crippen LogP contribution >= 0.6 is 23.2 Å². The number of likely N-dealkylation sites (N-methyl/N-ethyl adjacent to an activating group) is 1. The van der Waals surface area contributed by atoms with Gasteiger partial charge in [0.05, 0.1) is 39.6 Å². The number of nitrogens with one attached hydrogen (secondary N) is 2. The molecule has 0 aromatic heterocycles. The number of amides is 3. The van der Waals surface area contributed by atoms with E-state index in [-0.39, 0.29) is 24.5 Å². The molecule has 0 saturated carbocycles. The first kappa shape index (κ1) is 31.6. The largest absolute Gasteiger partial charge is 0.486 e. The Balaban J connectivity index is 1.43. The summed E-state index contributed by atoms with van der Waals surface area (Å²) in [7, 11) is 1.99. The number of nitrogens with zero attached hydrogens (tertiary/aromatic N) is 2. The van der Waals surface area contributed by atoms with Crippen LogP contribution in [0.15, 0.2) is 78.9 Å². The number of hydrogen-bond donors (Lipinski definition) is 3. The lowest BCUT2D eigenvalue weighted by Gasteiger charge is -2.38. The molecule has 0 fully saturated rings. The second-order valence-electron chi connectivity index (χ2n) is 11.4. The van der Waals surface area contributed by atoms with E-state index in [1.165, 1.54) is 0 Å². The number of anilines is 2. The molecule has 0 spiro atoms. The van der Waals surface area contributed by atoms with Crippen molar-refractivity contribution in [2.24, 2.45) is 5.92 Å². The molecule has 0 radical (unpaired) electrons. The Kier molecular flexibility index (Phi) is 9.96. The maximum atomic E-state index is 13.8. The maximum Gasteiger partial charge on any atom is 0.323 e. The number of ether oxygens (including phenoxy) is 1. The number of hydrogen-bond acceptors (Lipinski definition) is 5. The second kappa shape index (κ2) is 13.9. The van der Waals surface area contributed by atoms with E-state index in [1.54, 1.807) is 29.2 Å². The molecule has 3 N–H and O–H groups in total. The van der Waals surface area contributed by atoms with E-state index in [1.807, 2.05) is 75.5 Å². The summed E-state index contributed by atoms with van der Waals surface area (Å²) in [5, 5.41) is 18.7. The Morgan fingerprint density at radius 2 is 1.73 bits per heavy atom. The summed E-state index contributed by atoms with van der Waals surface area (Å²) >= 11 is 12.4. The van der Waals surface area contributed by atoms with E-state index in [0.29, 0.717) is 52.4 Å². The van der Waals surface area contributed by atoms with Gasteiger partial charge in [0.2, 0.25) is 0 Å². The van der Waals surface area contributed by atoms with Crippen LogP contribution in [0.1, 0.15) is 29.8 Å². The standard InChI is InChI=1S/C34H36Cl2N4O4/c1-21-17-40(22(2)20-41)33(42)26-11-7-13-30(38-34(43)37-29-12-6-9-24-8-4-5-10-25(24)29)32(26)44-31(21)19-39(3)18-23-14-15-27(35)28(36)16-23/h4-16,21-22,31,41H,17-20H2,1-3H3,(H2,37,38,43)/t21-,22+,31-/m0/s1. The van der Waals surface area contributed by atoms with Gasteiger partial charge in [0.1, 0.15) is 6.10 Å². The minimum absolute atomic E-state index is 0.102. The van der Waals surface area contributed by atoms with Crippen molar-refractivity contribution in [2.45, 2.75) is 32.5 Å². The molecule has 0 saturated heterocycles. The fourth-order valence-corrected chi connectivity index (χ4v) is 5.81. The Bertz CT molecular complexity index is 1660. The highest BCUT2D eigenvalue weighted by Crippen LogP contribution is 2.35. The third-order valence-corrected chi connectivity index (χ3v) is 8.64. The number of aliphatic hydroxyl groups is 1. The molecule has 1 heterocycles. The predicted molar refractivity (Wildman–Crippen MR) is 177 cm³/mol. The van der Waals surface area contributed by atoms with Crippen molar-refractivity contribution >= 4 is 57.3 Å². The van der Waals surface area contributed by atoms with Gasteiger partial charge in [-0.05, 0) is 55.3 Å². The number of fused-ring (bicyclic) bond motifs is 2. The molecule has 0 unspecified atom stereocenters. The van der Waals surface area contributed by atoms with Crippen LogP contribution in [0.2, 0.25) is 10.0 Å². The molecule has 1 aliphatic heterocycles. The van der Waals surface area contributed by atoms with Gasteiger partial charge in [-0.25, -0.2) is 4.79 Å². The molecule has 5 rings (SSSR count). The third kappa shape index (κ3) is 7.11. The summed E-state index contributed by atoms with van der Waals surface area (Å²) in [6.45, 7) is 5.17. The molecular formula is C34H36Cl2N4O4. The number of carbonyl (C=O) groups is 2. The first-order valence-electron chi connectivity index (χ1n) is 14.5. The van der Waals surface area contributed by atoms with E-state index in [4.69, 9.17) is 27.9 Å². The number of halogens is 2. The quantitative estimate of drug-likeness (QED) is 0.191. The van der Waals surface area contributed by atoms with Gasteiger partial charge in [0.15, 0.2) is 5.75 Å². The van der Waals surface area contributed by atoms with Gasteiger partial charge in [-0.1, -0.05) is 78.7 Å². The van der Waals surface area contributed by atoms with E-state index in [9.17, 15) is 14.7 Å². The minimum Gasteiger partial charge on any atom is -0.486 e. The van der Waals surface area contributed by atoms with E-state index in [0.717, 1.165) is 16.3 Å². The number of benzene rings is 4. The minimum atomic E-state index is -0.463. The average molecular weight is 636 g/mol. The van der Waals surface area contributed by atoms with Crippen LogP contribution in [0.25, 0.3) is 10.8 Å². The lowest BCUT2D eigenvalue weighted by molar-refractivity contribution is 0.0343. The van der Waals surface area contributed by atoms with Crippen LogP contribution in [-0.2, 0) is 6.54 Å². The van der Waals surface area contributed by atoms with Crippen molar-refractivity contribution in [3.05, 3.63) is 100 Å². The zero-order chi connectivity index (χ0) is 31.4. The van der Waals surface area contributed by atoms with Gasteiger partial charge in [0.25, 0.3) is 5.91 Å². The molecule has 10 heteroatoms. The lowest BCUT2D eigenvalue weighted by Crippen LogP contribution is -2.49. The molecule has 4 aromatic carbocycles. The number of aliphatic hydroxyl groups excluding tert-OH is 1. The molecule has 1 aliphatic rings. The second-order valence-corrected chi connectivity index (χ2v) is 12.2. The Hall–Kier alpha value is -3.82. The molecule has 3 atom stereocenters. The zero-order valence-electron chi connectivity index (χ0n) is 24.9. The molecule has 8 nitrogen and oxygen atoms in total. The molecular weight excluding hydrogens is 599 g/mol. The van der Waals surface area contributed by atoms with Crippen molar-refractivity contribution in [1.82, 2.24) is 9.80 Å². The van der Waals surface area contributed by atoms with Crippen LogP contribution in [0, 0.1) is 5.92 Å². The average Bonchev–Trinajstić information content (AvgIpc) is 3.01. The van der Waals surface area contributed by atoms with Crippen LogP contribution in [-0.4, -0.2) is 65.7 Å². The van der Waals surface area contributed by atoms with Gasteiger partial charge in [-0.3, -0.25) is 9.69 Å². The first-order chi connectivity index (χ1) is 21.1. The Labute approximate surface area is 267 Å². The van der Waals surface area contributed by atoms with E-state index >= 15 is 0 Å². The summed E-state index contributed by atoms with van der Waals surface area (Å²) in [4.78, 5) is 30.9. The van der Waals surface area contributed by atoms with Gasteiger partial charge in [0, 0.05) is 30.9 Å². The maximum absolute atomic E-state index is 13.8. The van der Waals surface area contributed by atoms with Gasteiger partial charge >= 0.3 is 6.03 Å². The first-order valence-corrected chi connectivity index (χ1v) is 15.3. The SMILES string of the molecule is C[C@H](CO)N1C[C@H](C)[C@H](CN(C)Cc2ccc(Cl)c(Cl)c2)Oc2c(NC(=O)Nc3cccc4ccccc34)cccc2C1=O. The molecule has 0 bridgehead atoms. The lowest BCUT2D eigenvalue weighted by atomic mass is 9.99. The summed E-state index contributed by atoms with van der Waals surface area (Å²) in [5.74, 6) is -0.0794. The van der Waals surface area contributed by atoms with Crippen molar-refractivity contribution in [3.63, 3.8) is 0 Å². The van der Waals surface area contributed by atoms with Crippen molar-refractivity contribution < 1.29 is 19.4 Å². The van der Waals surface area contributed by atoms with Crippen LogP contribution in [0.3, 0.4) is 0 Å². The van der Waals surface area contributed by atoms with Gasteiger partial charge < -0.3 is 25.4 Å². The molecule has 230 valence electrons. The number of carbonyl (C=O) groups excluding carboxylic acids is 2. The molecule has 44 heavy (non-hydrogen) atoms. The third-order valence-electron chi connectivity index (χ3n) is 7.91. The van der Waals surface area contributed by atoms with Crippen LogP contribution in [0.5, 0.6) is 5.75 Å². The van der Waals surface area contributed by atoms with Crippen molar-refractivity contribution in [2.75, 3.05) is 37.4 Å². The number of rotatable bonds is 8. The fourth-order valence-electron chi connectivity index (χ4n) is 5.49. The summed E-state index contributed by atoms with van der Waals surface area (Å²) in [6.07, 6.45) is -0.355. The highest BCUT2D eigenvalue weighted by molar-refractivity contribution is 6.42. The highest BCUT2D eigenvalue weighted by atomic mass is 35.5.